The minimum absolute atomic E-state index is 0.451. The molecule has 0 spiro atoms. The summed E-state index contributed by atoms with van der Waals surface area (Å²) in [6.45, 7) is 0.451. The van der Waals surface area contributed by atoms with Crippen LogP contribution in [-0.4, -0.2) is 9.97 Å². The summed E-state index contributed by atoms with van der Waals surface area (Å²) in [5.41, 5.74) is 1.82. The number of benzene rings is 1. The lowest BCUT2D eigenvalue weighted by Crippen LogP contribution is -1.98. The fourth-order valence-corrected chi connectivity index (χ4v) is 2.19. The van der Waals surface area contributed by atoms with Gasteiger partial charge in [0.1, 0.15) is 12.4 Å². The van der Waals surface area contributed by atoms with Crippen LogP contribution in [0.2, 0.25) is 0 Å². The SMILES string of the molecule is Brc1cnc2cccc(OCc3ccccn3)c2c1. The minimum Gasteiger partial charge on any atom is -0.487 e. The minimum atomic E-state index is 0.451. The molecule has 3 rings (SSSR count). The van der Waals surface area contributed by atoms with Gasteiger partial charge in [0.05, 0.1) is 11.2 Å². The molecule has 0 aliphatic carbocycles. The first-order valence-corrected chi connectivity index (χ1v) is 6.69. The van der Waals surface area contributed by atoms with Crippen molar-refractivity contribution in [2.45, 2.75) is 6.61 Å². The Bertz CT molecular complexity index is 701. The van der Waals surface area contributed by atoms with E-state index in [1.807, 2.05) is 42.5 Å². The number of fused-ring (bicyclic) bond motifs is 1. The zero-order chi connectivity index (χ0) is 13.1. The third-order valence-electron chi connectivity index (χ3n) is 2.75. The number of aromatic nitrogens is 2. The Morgan fingerprint density at radius 1 is 1.05 bits per heavy atom. The molecule has 0 saturated carbocycles. The highest BCUT2D eigenvalue weighted by atomic mass is 79.9. The van der Waals surface area contributed by atoms with Gasteiger partial charge >= 0.3 is 0 Å². The first kappa shape index (κ1) is 12.1. The first-order chi connectivity index (χ1) is 9.33. The zero-order valence-electron chi connectivity index (χ0n) is 10.1. The molecule has 0 aliphatic heterocycles. The second-order valence-electron chi connectivity index (χ2n) is 4.09. The summed E-state index contributed by atoms with van der Waals surface area (Å²) in [4.78, 5) is 8.60. The van der Waals surface area contributed by atoms with Gasteiger partial charge in [-0.05, 0) is 46.3 Å². The molecule has 0 bridgehead atoms. The Hall–Kier alpha value is -1.94. The Kier molecular flexibility index (Phi) is 3.42. The number of hydrogen-bond acceptors (Lipinski definition) is 3. The zero-order valence-corrected chi connectivity index (χ0v) is 11.7. The summed E-state index contributed by atoms with van der Waals surface area (Å²) >= 11 is 3.43. The molecule has 0 amide bonds. The van der Waals surface area contributed by atoms with Gasteiger partial charge in [0, 0.05) is 22.3 Å². The highest BCUT2D eigenvalue weighted by Crippen LogP contribution is 2.27. The smallest absolute Gasteiger partial charge is 0.130 e. The van der Waals surface area contributed by atoms with Crippen molar-refractivity contribution in [1.82, 2.24) is 9.97 Å². The molecule has 94 valence electrons. The van der Waals surface area contributed by atoms with Gasteiger partial charge in [-0.3, -0.25) is 9.97 Å². The van der Waals surface area contributed by atoms with E-state index >= 15 is 0 Å². The van der Waals surface area contributed by atoms with Crippen LogP contribution < -0.4 is 4.74 Å². The number of nitrogens with zero attached hydrogens (tertiary/aromatic N) is 2. The second kappa shape index (κ2) is 5.36. The summed E-state index contributed by atoms with van der Waals surface area (Å²) < 4.78 is 6.78. The summed E-state index contributed by atoms with van der Waals surface area (Å²) in [7, 11) is 0. The molecule has 19 heavy (non-hydrogen) atoms. The maximum atomic E-state index is 5.84. The van der Waals surface area contributed by atoms with E-state index in [1.54, 1.807) is 12.4 Å². The Morgan fingerprint density at radius 3 is 2.84 bits per heavy atom. The molecule has 1 aromatic carbocycles. The number of rotatable bonds is 3. The number of pyridine rings is 2. The van der Waals surface area contributed by atoms with E-state index < -0.39 is 0 Å². The predicted octanol–water partition coefficient (Wildman–Crippen LogP) is 3.97. The molecule has 0 fully saturated rings. The number of halogens is 1. The van der Waals surface area contributed by atoms with Gasteiger partial charge in [0.2, 0.25) is 0 Å². The van der Waals surface area contributed by atoms with Gasteiger partial charge in [-0.1, -0.05) is 12.1 Å². The van der Waals surface area contributed by atoms with Crippen LogP contribution in [0.15, 0.2) is 59.3 Å². The molecule has 3 nitrogen and oxygen atoms in total. The fourth-order valence-electron chi connectivity index (χ4n) is 1.86. The van der Waals surface area contributed by atoms with E-state index in [0.717, 1.165) is 26.8 Å². The highest BCUT2D eigenvalue weighted by Gasteiger charge is 2.04. The van der Waals surface area contributed by atoms with Crippen LogP contribution in [0.3, 0.4) is 0 Å². The average Bonchev–Trinajstić information content (AvgIpc) is 2.46. The predicted molar refractivity (Wildman–Crippen MR) is 78.0 cm³/mol. The Balaban J connectivity index is 1.90. The summed E-state index contributed by atoms with van der Waals surface area (Å²) in [6.07, 6.45) is 3.55. The van der Waals surface area contributed by atoms with E-state index in [-0.39, 0.29) is 0 Å². The molecule has 3 aromatic rings. The number of ether oxygens (including phenoxy) is 1. The van der Waals surface area contributed by atoms with E-state index in [4.69, 9.17) is 4.74 Å². The molecule has 0 saturated heterocycles. The van der Waals surface area contributed by atoms with Crippen molar-refractivity contribution in [2.75, 3.05) is 0 Å². The van der Waals surface area contributed by atoms with Crippen LogP contribution in [0.4, 0.5) is 0 Å². The van der Waals surface area contributed by atoms with Crippen molar-refractivity contribution < 1.29 is 4.74 Å². The highest BCUT2D eigenvalue weighted by molar-refractivity contribution is 9.10. The standard InChI is InChI=1S/C15H11BrN2O/c16-11-8-13-14(18-9-11)5-3-6-15(13)19-10-12-4-1-2-7-17-12/h1-9H,10H2. The van der Waals surface area contributed by atoms with Crippen molar-refractivity contribution in [2.24, 2.45) is 0 Å². The lowest BCUT2D eigenvalue weighted by Gasteiger charge is -2.08. The van der Waals surface area contributed by atoms with Crippen LogP contribution in [0.1, 0.15) is 5.69 Å². The average molecular weight is 315 g/mol. The van der Waals surface area contributed by atoms with Crippen LogP contribution in [-0.2, 0) is 6.61 Å². The molecular weight excluding hydrogens is 304 g/mol. The second-order valence-corrected chi connectivity index (χ2v) is 5.00. The first-order valence-electron chi connectivity index (χ1n) is 5.90. The molecule has 0 N–H and O–H groups in total. The van der Waals surface area contributed by atoms with Crippen molar-refractivity contribution >= 4 is 26.8 Å². The van der Waals surface area contributed by atoms with Crippen LogP contribution in [0, 0.1) is 0 Å². The van der Waals surface area contributed by atoms with Gasteiger partial charge < -0.3 is 4.74 Å². The van der Waals surface area contributed by atoms with Gasteiger partial charge in [-0.15, -0.1) is 0 Å². The topological polar surface area (TPSA) is 35.0 Å². The molecular formula is C15H11BrN2O. The van der Waals surface area contributed by atoms with Crippen molar-refractivity contribution in [3.05, 3.63) is 65.0 Å². The quantitative estimate of drug-likeness (QED) is 0.733. The van der Waals surface area contributed by atoms with Gasteiger partial charge in [0.15, 0.2) is 0 Å². The van der Waals surface area contributed by atoms with Gasteiger partial charge in [-0.2, -0.15) is 0 Å². The van der Waals surface area contributed by atoms with E-state index in [9.17, 15) is 0 Å². The summed E-state index contributed by atoms with van der Waals surface area (Å²) in [6, 6.07) is 13.6. The largest absolute Gasteiger partial charge is 0.487 e. The van der Waals surface area contributed by atoms with E-state index in [2.05, 4.69) is 25.9 Å². The third kappa shape index (κ3) is 2.74. The maximum Gasteiger partial charge on any atom is 0.130 e. The molecule has 0 aliphatic rings. The monoisotopic (exact) mass is 314 g/mol. The normalized spacial score (nSPS) is 10.6. The lowest BCUT2D eigenvalue weighted by atomic mass is 10.2. The van der Waals surface area contributed by atoms with Crippen molar-refractivity contribution in [3.8, 4) is 5.75 Å². The lowest BCUT2D eigenvalue weighted by molar-refractivity contribution is 0.305. The molecule has 4 heteroatoms. The van der Waals surface area contributed by atoms with Gasteiger partial charge in [0.25, 0.3) is 0 Å². The molecule has 2 aromatic heterocycles. The summed E-state index contributed by atoms with van der Waals surface area (Å²) in [5, 5.41) is 0.993. The molecule has 2 heterocycles. The van der Waals surface area contributed by atoms with Crippen LogP contribution in [0.25, 0.3) is 10.9 Å². The Morgan fingerprint density at radius 2 is 2.00 bits per heavy atom. The molecule has 0 atom stereocenters. The maximum absolute atomic E-state index is 5.84. The van der Waals surface area contributed by atoms with Gasteiger partial charge in [-0.25, -0.2) is 0 Å². The van der Waals surface area contributed by atoms with Crippen molar-refractivity contribution in [3.63, 3.8) is 0 Å². The van der Waals surface area contributed by atoms with Crippen LogP contribution in [0.5, 0.6) is 5.75 Å². The number of hydrogen-bond donors (Lipinski definition) is 0. The fraction of sp³-hybridized carbons (Fsp3) is 0.0667. The van der Waals surface area contributed by atoms with E-state index in [1.165, 1.54) is 0 Å². The van der Waals surface area contributed by atoms with Crippen LogP contribution >= 0.6 is 15.9 Å². The summed E-state index contributed by atoms with van der Waals surface area (Å²) in [5.74, 6) is 0.817. The third-order valence-corrected chi connectivity index (χ3v) is 3.19. The van der Waals surface area contributed by atoms with E-state index in [0.29, 0.717) is 6.61 Å². The molecule has 0 radical (unpaired) electrons. The van der Waals surface area contributed by atoms with Crippen molar-refractivity contribution in [1.29, 1.82) is 0 Å². The Labute approximate surface area is 119 Å². The molecule has 0 unspecified atom stereocenters.